The van der Waals surface area contributed by atoms with Crippen LogP contribution in [0.2, 0.25) is 0 Å². The zero-order valence-corrected chi connectivity index (χ0v) is 18.8. The Morgan fingerprint density at radius 1 is 1.13 bits per heavy atom. The fraction of sp³-hybridized carbons (Fsp3) is 0.391. The molecular weight excluding hydrogens is 392 g/mol. The summed E-state index contributed by atoms with van der Waals surface area (Å²) in [6.07, 6.45) is 3.05. The maximum absolute atomic E-state index is 13.0. The molecule has 0 fully saturated rings. The number of aryl methyl sites for hydroxylation is 1. The number of nitrogens with one attached hydrogen (secondary N) is 2. The summed E-state index contributed by atoms with van der Waals surface area (Å²) >= 11 is 0. The summed E-state index contributed by atoms with van der Waals surface area (Å²) in [6, 6.07) is 9.07. The number of carbonyl (C=O) groups excluding carboxylic acids is 2. The second kappa shape index (κ2) is 9.70. The van der Waals surface area contributed by atoms with Crippen LogP contribution in [0, 0.1) is 6.92 Å². The van der Waals surface area contributed by atoms with Gasteiger partial charge in [-0.05, 0) is 64.7 Å². The third-order valence-corrected chi connectivity index (χ3v) is 5.16. The van der Waals surface area contributed by atoms with Crippen molar-refractivity contribution in [2.24, 2.45) is 0 Å². The molecule has 1 atom stereocenters. The van der Waals surface area contributed by atoms with Gasteiger partial charge < -0.3 is 15.5 Å². The highest BCUT2D eigenvalue weighted by atomic mass is 16.2. The Hall–Kier alpha value is -3.26. The highest BCUT2D eigenvalue weighted by molar-refractivity contribution is 6.12. The van der Waals surface area contributed by atoms with E-state index < -0.39 is 0 Å². The van der Waals surface area contributed by atoms with Gasteiger partial charge in [0.2, 0.25) is 5.91 Å². The standard InChI is InChI=1S/C23H30N6O2/c1-6-16(3)29-22-20(14-24-29)19(13-15(2)25-22)23(31)27-18-9-7-17(8-10-18)26-21(30)11-12-28(4)5/h7-10,13-14,16H,6,11-12H2,1-5H3,(H,26,30)(H,27,31). The van der Waals surface area contributed by atoms with Crippen LogP contribution in [0.15, 0.2) is 36.5 Å². The van der Waals surface area contributed by atoms with Gasteiger partial charge in [-0.2, -0.15) is 5.10 Å². The van der Waals surface area contributed by atoms with Crippen LogP contribution < -0.4 is 10.6 Å². The van der Waals surface area contributed by atoms with Crippen molar-refractivity contribution in [3.05, 3.63) is 47.8 Å². The van der Waals surface area contributed by atoms with E-state index in [2.05, 4.69) is 34.6 Å². The van der Waals surface area contributed by atoms with Crippen molar-refractivity contribution < 1.29 is 9.59 Å². The smallest absolute Gasteiger partial charge is 0.256 e. The minimum absolute atomic E-state index is 0.0431. The summed E-state index contributed by atoms with van der Waals surface area (Å²) in [7, 11) is 3.86. The van der Waals surface area contributed by atoms with Crippen molar-refractivity contribution >= 4 is 34.2 Å². The van der Waals surface area contributed by atoms with E-state index >= 15 is 0 Å². The van der Waals surface area contributed by atoms with Crippen molar-refractivity contribution in [2.75, 3.05) is 31.3 Å². The van der Waals surface area contributed by atoms with Crippen molar-refractivity contribution in [3.63, 3.8) is 0 Å². The van der Waals surface area contributed by atoms with Crippen LogP contribution in [-0.2, 0) is 4.79 Å². The highest BCUT2D eigenvalue weighted by Crippen LogP contribution is 2.23. The zero-order valence-electron chi connectivity index (χ0n) is 18.8. The molecule has 2 N–H and O–H groups in total. The molecule has 0 saturated carbocycles. The van der Waals surface area contributed by atoms with Gasteiger partial charge in [0.05, 0.1) is 23.2 Å². The molecule has 0 radical (unpaired) electrons. The molecule has 8 nitrogen and oxygen atoms in total. The third kappa shape index (κ3) is 5.46. The SMILES string of the molecule is CCC(C)n1ncc2c(C(=O)Nc3ccc(NC(=O)CCN(C)C)cc3)cc(C)nc21. The maximum Gasteiger partial charge on any atom is 0.256 e. The molecule has 0 spiro atoms. The van der Waals surface area contributed by atoms with Crippen LogP contribution >= 0.6 is 0 Å². The summed E-state index contributed by atoms with van der Waals surface area (Å²) < 4.78 is 1.87. The second-order valence-electron chi connectivity index (χ2n) is 8.03. The molecule has 0 aliphatic rings. The quantitative estimate of drug-likeness (QED) is 0.575. The van der Waals surface area contributed by atoms with Gasteiger partial charge in [-0.15, -0.1) is 0 Å². The van der Waals surface area contributed by atoms with Crippen LogP contribution in [-0.4, -0.2) is 52.1 Å². The molecule has 31 heavy (non-hydrogen) atoms. The fourth-order valence-electron chi connectivity index (χ4n) is 3.21. The minimum atomic E-state index is -0.220. The van der Waals surface area contributed by atoms with Gasteiger partial charge in [0.15, 0.2) is 5.65 Å². The number of anilines is 2. The normalized spacial score (nSPS) is 12.2. The molecule has 0 aliphatic heterocycles. The lowest BCUT2D eigenvalue weighted by Gasteiger charge is -2.12. The number of carbonyl (C=O) groups is 2. The molecule has 0 bridgehead atoms. The van der Waals surface area contributed by atoms with E-state index in [1.54, 1.807) is 36.5 Å². The summed E-state index contributed by atoms with van der Waals surface area (Å²) in [6.45, 7) is 6.73. The number of pyridine rings is 1. The molecule has 2 aromatic heterocycles. The highest BCUT2D eigenvalue weighted by Gasteiger charge is 2.18. The Morgan fingerprint density at radius 2 is 1.77 bits per heavy atom. The monoisotopic (exact) mass is 422 g/mol. The van der Waals surface area contributed by atoms with Gasteiger partial charge in [-0.3, -0.25) is 9.59 Å². The van der Waals surface area contributed by atoms with E-state index in [4.69, 9.17) is 0 Å². The average molecular weight is 423 g/mol. The van der Waals surface area contributed by atoms with Gasteiger partial charge in [-0.25, -0.2) is 9.67 Å². The molecule has 2 heterocycles. The van der Waals surface area contributed by atoms with Gasteiger partial charge in [0, 0.05) is 30.0 Å². The Kier molecular flexibility index (Phi) is 7.02. The molecule has 1 aromatic carbocycles. The summed E-state index contributed by atoms with van der Waals surface area (Å²) in [5.74, 6) is -0.263. The molecule has 1 unspecified atom stereocenters. The van der Waals surface area contributed by atoms with Crippen LogP contribution in [0.4, 0.5) is 11.4 Å². The Morgan fingerprint density at radius 3 is 2.39 bits per heavy atom. The predicted molar refractivity (Wildman–Crippen MR) is 123 cm³/mol. The zero-order chi connectivity index (χ0) is 22.5. The molecule has 0 saturated heterocycles. The van der Waals surface area contributed by atoms with Gasteiger partial charge >= 0.3 is 0 Å². The minimum Gasteiger partial charge on any atom is -0.326 e. The first-order chi connectivity index (χ1) is 14.8. The lowest BCUT2D eigenvalue weighted by atomic mass is 10.1. The van der Waals surface area contributed by atoms with Crippen LogP contribution in [0.25, 0.3) is 11.0 Å². The number of amides is 2. The van der Waals surface area contributed by atoms with E-state index in [1.165, 1.54) is 0 Å². The third-order valence-electron chi connectivity index (χ3n) is 5.16. The number of hydrogen-bond acceptors (Lipinski definition) is 5. The van der Waals surface area contributed by atoms with E-state index in [0.717, 1.165) is 23.1 Å². The van der Waals surface area contributed by atoms with Gasteiger partial charge in [0.25, 0.3) is 5.91 Å². The van der Waals surface area contributed by atoms with Gasteiger partial charge in [0.1, 0.15) is 0 Å². The first kappa shape index (κ1) is 22.4. The fourth-order valence-corrected chi connectivity index (χ4v) is 3.21. The summed E-state index contributed by atoms with van der Waals surface area (Å²) in [5.41, 5.74) is 3.36. The lowest BCUT2D eigenvalue weighted by molar-refractivity contribution is -0.116. The molecule has 3 rings (SSSR count). The molecule has 8 heteroatoms. The number of fused-ring (bicyclic) bond motifs is 1. The van der Waals surface area contributed by atoms with Crippen molar-refractivity contribution in [2.45, 2.75) is 39.7 Å². The average Bonchev–Trinajstić information content (AvgIpc) is 3.16. The topological polar surface area (TPSA) is 92.2 Å². The van der Waals surface area contributed by atoms with E-state index in [9.17, 15) is 9.59 Å². The largest absolute Gasteiger partial charge is 0.326 e. The molecule has 2 amide bonds. The molecule has 164 valence electrons. The van der Waals surface area contributed by atoms with Crippen molar-refractivity contribution in [3.8, 4) is 0 Å². The van der Waals surface area contributed by atoms with Crippen molar-refractivity contribution in [1.82, 2.24) is 19.7 Å². The van der Waals surface area contributed by atoms with Crippen LogP contribution in [0.1, 0.15) is 48.8 Å². The van der Waals surface area contributed by atoms with Gasteiger partial charge in [-0.1, -0.05) is 6.92 Å². The molecule has 0 aliphatic carbocycles. The van der Waals surface area contributed by atoms with Crippen molar-refractivity contribution in [1.29, 1.82) is 0 Å². The Labute approximate surface area is 182 Å². The Balaban J connectivity index is 1.74. The summed E-state index contributed by atoms with van der Waals surface area (Å²) in [4.78, 5) is 31.5. The van der Waals surface area contributed by atoms with E-state index in [1.807, 2.05) is 30.6 Å². The molecule has 3 aromatic rings. The number of aromatic nitrogens is 3. The maximum atomic E-state index is 13.0. The van der Waals surface area contributed by atoms with E-state index in [0.29, 0.717) is 29.9 Å². The molecular formula is C23H30N6O2. The second-order valence-corrected chi connectivity index (χ2v) is 8.03. The number of rotatable bonds is 8. The first-order valence-corrected chi connectivity index (χ1v) is 10.5. The Bertz CT molecular complexity index is 1070. The number of benzene rings is 1. The number of hydrogen-bond donors (Lipinski definition) is 2. The van der Waals surface area contributed by atoms with Crippen LogP contribution in [0.5, 0.6) is 0 Å². The first-order valence-electron chi connectivity index (χ1n) is 10.5. The summed E-state index contributed by atoms with van der Waals surface area (Å²) in [5, 5.41) is 11.0. The van der Waals surface area contributed by atoms with E-state index in [-0.39, 0.29) is 17.9 Å². The number of nitrogens with zero attached hydrogens (tertiary/aromatic N) is 4. The van der Waals surface area contributed by atoms with Crippen LogP contribution in [0.3, 0.4) is 0 Å². The lowest BCUT2D eigenvalue weighted by Crippen LogP contribution is -2.20. The predicted octanol–water partition coefficient (Wildman–Crippen LogP) is 3.85.